The van der Waals surface area contributed by atoms with E-state index in [0.717, 1.165) is 32.2 Å². The molecule has 1 fully saturated rings. The molecule has 0 aromatic rings. The molecule has 19 heavy (non-hydrogen) atoms. The predicted octanol–water partition coefficient (Wildman–Crippen LogP) is 5.23. The van der Waals surface area contributed by atoms with Gasteiger partial charge in [0.15, 0.2) is 5.72 Å². The van der Waals surface area contributed by atoms with Gasteiger partial charge in [0.2, 0.25) is 0 Å². The van der Waals surface area contributed by atoms with Crippen molar-refractivity contribution in [3.8, 4) is 0 Å². The summed E-state index contributed by atoms with van der Waals surface area (Å²) in [6, 6.07) is 0. The minimum atomic E-state index is -0.779. The van der Waals surface area contributed by atoms with Crippen LogP contribution in [0.25, 0.3) is 0 Å². The molecule has 1 aliphatic carbocycles. The van der Waals surface area contributed by atoms with Gasteiger partial charge >= 0.3 is 0 Å². The van der Waals surface area contributed by atoms with Gasteiger partial charge in [-0.1, -0.05) is 64.7 Å². The van der Waals surface area contributed by atoms with E-state index in [1.807, 2.05) is 0 Å². The summed E-state index contributed by atoms with van der Waals surface area (Å²) in [5, 5.41) is 17.8. The number of unbranched alkanes of at least 4 members (excludes halogenated alkanes) is 9. The summed E-state index contributed by atoms with van der Waals surface area (Å²) in [6.45, 7) is 3.06. The lowest BCUT2D eigenvalue weighted by atomic mass is 9.89. The van der Waals surface area contributed by atoms with Crippen molar-refractivity contribution in [2.24, 2.45) is 10.2 Å². The molecular weight excluding hydrogens is 236 g/mol. The Hall–Kier alpha value is -0.440. The van der Waals surface area contributed by atoms with Crippen LogP contribution in [0.3, 0.4) is 0 Å². The summed E-state index contributed by atoms with van der Waals surface area (Å²) in [7, 11) is 0. The molecule has 0 radical (unpaired) electrons. The van der Waals surface area contributed by atoms with Crippen LogP contribution in [0.15, 0.2) is 10.2 Å². The zero-order valence-corrected chi connectivity index (χ0v) is 12.7. The van der Waals surface area contributed by atoms with Gasteiger partial charge in [0.05, 0.1) is 6.54 Å². The molecule has 3 heteroatoms. The van der Waals surface area contributed by atoms with Gasteiger partial charge in [-0.2, -0.15) is 10.2 Å². The molecule has 0 aromatic carbocycles. The van der Waals surface area contributed by atoms with Crippen LogP contribution in [0.4, 0.5) is 0 Å². The van der Waals surface area contributed by atoms with Crippen molar-refractivity contribution < 1.29 is 5.11 Å². The van der Waals surface area contributed by atoms with Crippen LogP contribution in [0, 0.1) is 0 Å². The Balaban J connectivity index is 1.76. The first-order valence-electron chi connectivity index (χ1n) is 8.38. The molecular formula is C16H32N2O. The Kier molecular flexibility index (Phi) is 9.06. The molecule has 1 rings (SSSR count). The van der Waals surface area contributed by atoms with Crippen molar-refractivity contribution >= 4 is 0 Å². The molecule has 0 saturated heterocycles. The number of rotatable bonds is 12. The molecule has 0 aromatic heterocycles. The zero-order chi connectivity index (χ0) is 13.8. The fourth-order valence-electron chi connectivity index (χ4n) is 2.44. The van der Waals surface area contributed by atoms with E-state index in [2.05, 4.69) is 17.2 Å². The second kappa shape index (κ2) is 10.4. The van der Waals surface area contributed by atoms with Crippen LogP contribution in [0.1, 0.15) is 90.4 Å². The molecule has 0 aliphatic heterocycles. The van der Waals surface area contributed by atoms with E-state index in [-0.39, 0.29) is 0 Å². The van der Waals surface area contributed by atoms with Gasteiger partial charge in [-0.05, 0) is 25.7 Å². The quantitative estimate of drug-likeness (QED) is 0.382. The Morgan fingerprint density at radius 2 is 1.37 bits per heavy atom. The molecule has 0 heterocycles. The SMILES string of the molecule is CCCCCCCCCCCC/N=N/C1(O)CCC1. The van der Waals surface area contributed by atoms with Crippen LogP contribution in [0.5, 0.6) is 0 Å². The molecule has 0 atom stereocenters. The highest BCUT2D eigenvalue weighted by Gasteiger charge is 2.34. The van der Waals surface area contributed by atoms with Gasteiger partial charge in [-0.25, -0.2) is 0 Å². The standard InChI is InChI=1S/C16H32N2O/c1-2-3-4-5-6-7-8-9-10-11-15-17-18-16(19)13-12-14-16/h19H,2-15H2,1H3/b18-17+. The second-order valence-corrected chi connectivity index (χ2v) is 5.98. The van der Waals surface area contributed by atoms with Crippen molar-refractivity contribution in [2.45, 2.75) is 96.1 Å². The highest BCUT2D eigenvalue weighted by molar-refractivity contribution is 4.83. The van der Waals surface area contributed by atoms with Gasteiger partial charge in [0, 0.05) is 0 Å². The van der Waals surface area contributed by atoms with E-state index in [1.54, 1.807) is 0 Å². The Labute approximate surface area is 118 Å². The lowest BCUT2D eigenvalue weighted by Crippen LogP contribution is -2.33. The number of aliphatic hydroxyl groups is 1. The average molecular weight is 268 g/mol. The minimum absolute atomic E-state index is 0.779. The Morgan fingerprint density at radius 3 is 1.84 bits per heavy atom. The summed E-state index contributed by atoms with van der Waals surface area (Å²) < 4.78 is 0. The fraction of sp³-hybridized carbons (Fsp3) is 1.00. The number of nitrogens with zero attached hydrogens (tertiary/aromatic N) is 2. The third-order valence-corrected chi connectivity index (χ3v) is 4.02. The van der Waals surface area contributed by atoms with Crippen LogP contribution < -0.4 is 0 Å². The number of hydrogen-bond acceptors (Lipinski definition) is 3. The molecule has 1 saturated carbocycles. The van der Waals surface area contributed by atoms with Crippen molar-refractivity contribution in [2.75, 3.05) is 6.54 Å². The van der Waals surface area contributed by atoms with Gasteiger partial charge in [0.1, 0.15) is 0 Å². The number of azo groups is 1. The molecule has 1 aliphatic rings. The highest BCUT2D eigenvalue weighted by Crippen LogP contribution is 2.32. The molecule has 0 bridgehead atoms. The monoisotopic (exact) mass is 268 g/mol. The average Bonchev–Trinajstić information content (AvgIpc) is 2.38. The fourth-order valence-corrected chi connectivity index (χ4v) is 2.44. The van der Waals surface area contributed by atoms with Gasteiger partial charge in [-0.3, -0.25) is 0 Å². The maximum Gasteiger partial charge on any atom is 0.176 e. The first kappa shape index (κ1) is 16.6. The summed E-state index contributed by atoms with van der Waals surface area (Å²) in [6.07, 6.45) is 16.1. The Bertz CT molecular complexity index is 237. The predicted molar refractivity (Wildman–Crippen MR) is 80.4 cm³/mol. The molecule has 3 nitrogen and oxygen atoms in total. The normalized spacial score (nSPS) is 17.8. The lowest BCUT2D eigenvalue weighted by molar-refractivity contribution is -0.0315. The van der Waals surface area contributed by atoms with Gasteiger partial charge in [-0.15, -0.1) is 0 Å². The second-order valence-electron chi connectivity index (χ2n) is 5.98. The summed E-state index contributed by atoms with van der Waals surface area (Å²) >= 11 is 0. The lowest BCUT2D eigenvalue weighted by Gasteiger charge is -2.30. The van der Waals surface area contributed by atoms with Crippen LogP contribution in [-0.4, -0.2) is 17.4 Å². The van der Waals surface area contributed by atoms with E-state index < -0.39 is 5.72 Å². The van der Waals surface area contributed by atoms with Crippen molar-refractivity contribution in [3.63, 3.8) is 0 Å². The van der Waals surface area contributed by atoms with E-state index in [4.69, 9.17) is 0 Å². The van der Waals surface area contributed by atoms with E-state index in [9.17, 15) is 5.11 Å². The van der Waals surface area contributed by atoms with Gasteiger partial charge in [0.25, 0.3) is 0 Å². The summed E-state index contributed by atoms with van der Waals surface area (Å²) in [4.78, 5) is 0. The van der Waals surface area contributed by atoms with Crippen molar-refractivity contribution in [1.82, 2.24) is 0 Å². The molecule has 0 spiro atoms. The van der Waals surface area contributed by atoms with Crippen LogP contribution >= 0.6 is 0 Å². The topological polar surface area (TPSA) is 45.0 Å². The number of hydrogen-bond donors (Lipinski definition) is 1. The van der Waals surface area contributed by atoms with Crippen LogP contribution in [-0.2, 0) is 0 Å². The van der Waals surface area contributed by atoms with E-state index in [0.29, 0.717) is 0 Å². The largest absolute Gasteiger partial charge is 0.368 e. The third-order valence-electron chi connectivity index (χ3n) is 4.02. The van der Waals surface area contributed by atoms with Crippen molar-refractivity contribution in [3.05, 3.63) is 0 Å². The highest BCUT2D eigenvalue weighted by atomic mass is 16.3. The smallest absolute Gasteiger partial charge is 0.176 e. The summed E-state index contributed by atoms with van der Waals surface area (Å²) in [5.74, 6) is 0. The zero-order valence-electron chi connectivity index (χ0n) is 12.7. The van der Waals surface area contributed by atoms with Gasteiger partial charge < -0.3 is 5.11 Å². The Morgan fingerprint density at radius 1 is 0.842 bits per heavy atom. The van der Waals surface area contributed by atoms with E-state index >= 15 is 0 Å². The van der Waals surface area contributed by atoms with Crippen molar-refractivity contribution in [1.29, 1.82) is 0 Å². The summed E-state index contributed by atoms with van der Waals surface area (Å²) in [5.41, 5.74) is -0.779. The van der Waals surface area contributed by atoms with E-state index in [1.165, 1.54) is 57.8 Å². The first-order chi connectivity index (χ1) is 9.27. The third kappa shape index (κ3) is 8.35. The molecule has 0 unspecified atom stereocenters. The molecule has 1 N–H and O–H groups in total. The molecule has 112 valence electrons. The van der Waals surface area contributed by atoms with Crippen LogP contribution in [0.2, 0.25) is 0 Å². The minimum Gasteiger partial charge on any atom is -0.368 e. The maximum atomic E-state index is 9.71. The first-order valence-corrected chi connectivity index (χ1v) is 8.38. The molecule has 0 amide bonds. The maximum absolute atomic E-state index is 9.71.